The van der Waals surface area contributed by atoms with E-state index >= 15 is 0 Å². The molecule has 0 spiro atoms. The van der Waals surface area contributed by atoms with Crippen molar-refractivity contribution in [3.8, 4) is 11.5 Å². The van der Waals surface area contributed by atoms with Crippen molar-refractivity contribution >= 4 is 35.8 Å². The largest absolute Gasteiger partial charge is 0.497 e. The minimum Gasteiger partial charge on any atom is -0.497 e. The Morgan fingerprint density at radius 1 is 1.30 bits per heavy atom. The van der Waals surface area contributed by atoms with E-state index in [1.165, 1.54) is 0 Å². The summed E-state index contributed by atoms with van der Waals surface area (Å²) in [5, 5.41) is 6.31. The predicted octanol–water partition coefficient (Wildman–Crippen LogP) is 2.39. The molecule has 0 radical (unpaired) electrons. The number of nitrogens with zero attached hydrogens (tertiary/aromatic N) is 2. The number of methoxy groups -OCH3 is 2. The molecule has 27 heavy (non-hydrogen) atoms. The summed E-state index contributed by atoms with van der Waals surface area (Å²) >= 11 is 0. The van der Waals surface area contributed by atoms with E-state index in [0.717, 1.165) is 42.3 Å². The Morgan fingerprint density at radius 2 is 2.04 bits per heavy atom. The van der Waals surface area contributed by atoms with Gasteiger partial charge in [-0.05, 0) is 31.4 Å². The predicted molar refractivity (Wildman–Crippen MR) is 118 cm³/mol. The van der Waals surface area contributed by atoms with Gasteiger partial charge in [0.1, 0.15) is 11.5 Å². The van der Waals surface area contributed by atoms with E-state index in [-0.39, 0.29) is 29.9 Å². The molecule has 0 unspecified atom stereocenters. The molecule has 1 saturated carbocycles. The van der Waals surface area contributed by atoms with Crippen molar-refractivity contribution in [2.75, 3.05) is 34.9 Å². The Labute approximate surface area is 178 Å². The zero-order valence-electron chi connectivity index (χ0n) is 16.6. The van der Waals surface area contributed by atoms with Gasteiger partial charge < -0.3 is 25.0 Å². The number of rotatable bonds is 9. The first-order valence-electron chi connectivity index (χ1n) is 8.99. The molecule has 2 N–H and O–H groups in total. The maximum atomic E-state index is 11.7. The number of hydrogen-bond donors (Lipinski definition) is 2. The van der Waals surface area contributed by atoms with Gasteiger partial charge in [0.25, 0.3) is 0 Å². The number of carbonyl (C=O) groups excluding carboxylic acids is 1. The van der Waals surface area contributed by atoms with Crippen LogP contribution in [0.5, 0.6) is 11.5 Å². The highest BCUT2D eigenvalue weighted by molar-refractivity contribution is 14.0. The Kier molecular flexibility index (Phi) is 10.3. The van der Waals surface area contributed by atoms with Crippen LogP contribution in [0.2, 0.25) is 0 Å². The molecule has 0 heterocycles. The average molecular weight is 490 g/mol. The second-order valence-electron chi connectivity index (χ2n) is 6.45. The second-order valence-corrected chi connectivity index (χ2v) is 6.45. The molecule has 0 atom stereocenters. The summed E-state index contributed by atoms with van der Waals surface area (Å²) in [6.07, 6.45) is 3.56. The molecule has 8 heteroatoms. The molecular weight excluding hydrogens is 459 g/mol. The van der Waals surface area contributed by atoms with Gasteiger partial charge in [0.05, 0.1) is 14.2 Å². The van der Waals surface area contributed by atoms with Gasteiger partial charge in [0.2, 0.25) is 5.91 Å². The SMILES string of the molecule is CN=C(NCCCC(=O)NC1CC1)N(C)Cc1ccc(OC)cc1OC.I. The highest BCUT2D eigenvalue weighted by Gasteiger charge is 2.22. The van der Waals surface area contributed by atoms with E-state index in [0.29, 0.717) is 25.6 Å². The maximum Gasteiger partial charge on any atom is 0.220 e. The van der Waals surface area contributed by atoms with Crippen molar-refractivity contribution in [1.29, 1.82) is 0 Å². The first kappa shape index (κ1) is 23.3. The Morgan fingerprint density at radius 3 is 2.63 bits per heavy atom. The van der Waals surface area contributed by atoms with E-state index in [2.05, 4.69) is 15.6 Å². The van der Waals surface area contributed by atoms with Gasteiger partial charge in [-0.3, -0.25) is 9.79 Å². The molecule has 1 aromatic carbocycles. The first-order chi connectivity index (χ1) is 12.6. The van der Waals surface area contributed by atoms with E-state index in [1.54, 1.807) is 21.3 Å². The van der Waals surface area contributed by atoms with Crippen LogP contribution in [0.4, 0.5) is 0 Å². The standard InChI is InChI=1S/C19H30N4O3.HI/c1-20-19(21-11-5-6-18(24)22-15-8-9-15)23(2)13-14-7-10-16(25-3)12-17(14)26-4;/h7,10,12,15H,5-6,8-9,11,13H2,1-4H3,(H,20,21)(H,22,24);1H. The fourth-order valence-corrected chi connectivity index (χ4v) is 2.67. The number of aliphatic imine (C=N–C) groups is 1. The lowest BCUT2D eigenvalue weighted by Gasteiger charge is -2.23. The van der Waals surface area contributed by atoms with Gasteiger partial charge in [-0.2, -0.15) is 0 Å². The van der Waals surface area contributed by atoms with Crippen LogP contribution in [0.25, 0.3) is 0 Å². The number of amides is 1. The molecule has 0 saturated heterocycles. The number of carbonyl (C=O) groups is 1. The van der Waals surface area contributed by atoms with Gasteiger partial charge in [-0.1, -0.05) is 0 Å². The number of halogens is 1. The van der Waals surface area contributed by atoms with Gasteiger partial charge in [-0.15, -0.1) is 24.0 Å². The number of nitrogens with one attached hydrogen (secondary N) is 2. The van der Waals surface area contributed by atoms with E-state index in [9.17, 15) is 4.79 Å². The topological polar surface area (TPSA) is 75.2 Å². The summed E-state index contributed by atoms with van der Waals surface area (Å²) in [5.41, 5.74) is 1.04. The molecule has 1 fully saturated rings. The van der Waals surface area contributed by atoms with E-state index in [1.807, 2.05) is 30.1 Å². The lowest BCUT2D eigenvalue weighted by Crippen LogP contribution is -2.39. The number of ether oxygens (including phenoxy) is 2. The zero-order valence-corrected chi connectivity index (χ0v) is 18.9. The molecule has 1 amide bonds. The van der Waals surface area contributed by atoms with Crippen LogP contribution >= 0.6 is 24.0 Å². The first-order valence-corrected chi connectivity index (χ1v) is 8.99. The fraction of sp³-hybridized carbons (Fsp3) is 0.579. The summed E-state index contributed by atoms with van der Waals surface area (Å²) in [6, 6.07) is 6.20. The van der Waals surface area contributed by atoms with Crippen molar-refractivity contribution in [1.82, 2.24) is 15.5 Å². The molecular formula is C19H31IN4O3. The second kappa shape index (κ2) is 11.9. The Hall–Kier alpha value is -1.71. The van der Waals surface area contributed by atoms with Gasteiger partial charge in [-0.25, -0.2) is 0 Å². The van der Waals surface area contributed by atoms with Crippen LogP contribution in [-0.2, 0) is 11.3 Å². The Bertz CT molecular complexity index is 635. The molecule has 0 bridgehead atoms. The maximum absolute atomic E-state index is 11.7. The summed E-state index contributed by atoms with van der Waals surface area (Å²) in [5.74, 6) is 2.47. The minimum absolute atomic E-state index is 0. The Balaban J connectivity index is 0.00000364. The zero-order chi connectivity index (χ0) is 18.9. The van der Waals surface area contributed by atoms with Crippen LogP contribution in [0.3, 0.4) is 0 Å². The van der Waals surface area contributed by atoms with Gasteiger partial charge in [0.15, 0.2) is 5.96 Å². The third kappa shape index (κ3) is 7.82. The third-order valence-corrected chi connectivity index (χ3v) is 4.28. The highest BCUT2D eigenvalue weighted by atomic mass is 127. The molecule has 2 rings (SSSR count). The van der Waals surface area contributed by atoms with Crippen LogP contribution in [0.1, 0.15) is 31.2 Å². The molecule has 1 aliphatic carbocycles. The molecule has 0 aliphatic heterocycles. The summed E-state index contributed by atoms with van der Waals surface area (Å²) in [7, 11) is 7.01. The van der Waals surface area contributed by atoms with Crippen LogP contribution in [-0.4, -0.2) is 57.7 Å². The van der Waals surface area contributed by atoms with Crippen molar-refractivity contribution < 1.29 is 14.3 Å². The quantitative estimate of drug-likeness (QED) is 0.241. The van der Waals surface area contributed by atoms with Gasteiger partial charge in [0, 0.05) is 51.3 Å². The highest BCUT2D eigenvalue weighted by Crippen LogP contribution is 2.25. The van der Waals surface area contributed by atoms with Crippen LogP contribution < -0.4 is 20.1 Å². The van der Waals surface area contributed by atoms with E-state index < -0.39 is 0 Å². The van der Waals surface area contributed by atoms with Crippen molar-refractivity contribution in [2.45, 2.75) is 38.3 Å². The normalized spacial score (nSPS) is 13.4. The number of guanidine groups is 1. The monoisotopic (exact) mass is 490 g/mol. The summed E-state index contributed by atoms with van der Waals surface area (Å²) < 4.78 is 10.7. The molecule has 7 nitrogen and oxygen atoms in total. The molecule has 1 aromatic rings. The number of hydrogen-bond acceptors (Lipinski definition) is 4. The van der Waals surface area contributed by atoms with Crippen LogP contribution in [0, 0.1) is 0 Å². The van der Waals surface area contributed by atoms with Crippen molar-refractivity contribution in [3.05, 3.63) is 23.8 Å². The fourth-order valence-electron chi connectivity index (χ4n) is 2.67. The number of benzene rings is 1. The summed E-state index contributed by atoms with van der Waals surface area (Å²) in [6.45, 7) is 1.35. The average Bonchev–Trinajstić information content (AvgIpc) is 3.45. The third-order valence-electron chi connectivity index (χ3n) is 4.28. The molecule has 1 aliphatic rings. The molecule has 0 aromatic heterocycles. The summed E-state index contributed by atoms with van der Waals surface area (Å²) in [4.78, 5) is 18.0. The van der Waals surface area contributed by atoms with Crippen LogP contribution in [0.15, 0.2) is 23.2 Å². The lowest BCUT2D eigenvalue weighted by atomic mass is 10.2. The van der Waals surface area contributed by atoms with Gasteiger partial charge >= 0.3 is 0 Å². The minimum atomic E-state index is 0. The van der Waals surface area contributed by atoms with Crippen molar-refractivity contribution in [2.24, 2.45) is 4.99 Å². The van der Waals surface area contributed by atoms with Crippen molar-refractivity contribution in [3.63, 3.8) is 0 Å². The smallest absolute Gasteiger partial charge is 0.220 e. The molecule has 152 valence electrons. The van der Waals surface area contributed by atoms with E-state index in [4.69, 9.17) is 9.47 Å². The lowest BCUT2D eigenvalue weighted by molar-refractivity contribution is -0.121.